The first-order valence-corrected chi connectivity index (χ1v) is 16.3. The van der Waals surface area contributed by atoms with Gasteiger partial charge in [-0.25, -0.2) is 13.1 Å². The molecule has 13 heteroatoms. The van der Waals surface area contributed by atoms with Gasteiger partial charge in [0, 0.05) is 47.6 Å². The van der Waals surface area contributed by atoms with Gasteiger partial charge in [0.05, 0.1) is 9.82 Å². The van der Waals surface area contributed by atoms with Crippen LogP contribution in [0.15, 0.2) is 106 Å². The summed E-state index contributed by atoms with van der Waals surface area (Å²) in [5.41, 5.74) is 6.79. The fraction of sp³-hybridized carbons (Fsp3) is 0.226. The molecule has 0 saturated carbocycles. The van der Waals surface area contributed by atoms with Crippen LogP contribution in [0.5, 0.6) is 0 Å². The number of carbonyl (C=O) groups excluding carboxylic acids is 1. The Morgan fingerprint density at radius 3 is 2.36 bits per heavy atom. The molecule has 0 fully saturated rings. The maximum Gasteiger partial charge on any atom is 0.293 e. The van der Waals surface area contributed by atoms with Gasteiger partial charge in [-0.2, -0.15) is 0 Å². The van der Waals surface area contributed by atoms with Gasteiger partial charge in [-0.05, 0) is 73.0 Å². The Morgan fingerprint density at radius 1 is 1.00 bits per heavy atom. The van der Waals surface area contributed by atoms with Crippen LogP contribution in [0.1, 0.15) is 29.6 Å². The van der Waals surface area contributed by atoms with Crippen molar-refractivity contribution in [1.82, 2.24) is 9.29 Å². The average Bonchev–Trinajstić information content (AvgIpc) is 3.01. The van der Waals surface area contributed by atoms with Gasteiger partial charge >= 0.3 is 0 Å². The molecule has 230 valence electrons. The first-order chi connectivity index (χ1) is 21.1. The molecular formula is C31H33N5O6S2. The number of thioether (sulfide) groups is 1. The molecule has 1 atom stereocenters. The summed E-state index contributed by atoms with van der Waals surface area (Å²) in [5, 5.41) is 15.2. The van der Waals surface area contributed by atoms with E-state index in [1.165, 1.54) is 34.9 Å². The summed E-state index contributed by atoms with van der Waals surface area (Å²) in [5.74, 6) is -0.261. The predicted octanol–water partition coefficient (Wildman–Crippen LogP) is 4.78. The molecule has 3 aromatic carbocycles. The van der Waals surface area contributed by atoms with E-state index in [0.717, 1.165) is 34.9 Å². The van der Waals surface area contributed by atoms with E-state index in [1.807, 2.05) is 35.1 Å². The van der Waals surface area contributed by atoms with Crippen LogP contribution in [0.25, 0.3) is 11.1 Å². The van der Waals surface area contributed by atoms with Gasteiger partial charge in [-0.15, -0.1) is 11.8 Å². The SMILES string of the molecule is Cn1cc(-c2ccc(C(=O)NS(=O)(=O)c3ccc(N[C@H](CCCCN)CSc4ccccc4)c([N+](=O)[O-])c3)cc2)ccc1=O. The number of nitro groups is 1. The molecule has 44 heavy (non-hydrogen) atoms. The molecule has 0 aliphatic heterocycles. The highest BCUT2D eigenvalue weighted by Crippen LogP contribution is 2.30. The topological polar surface area (TPSA) is 166 Å². The number of sulfonamides is 1. The molecule has 1 aromatic heterocycles. The quantitative estimate of drug-likeness (QED) is 0.0765. The fourth-order valence-corrected chi connectivity index (χ4v) is 6.42. The molecule has 4 rings (SSSR count). The third-order valence-corrected chi connectivity index (χ3v) is 9.33. The van der Waals surface area contributed by atoms with Crippen LogP contribution in [0, 0.1) is 10.1 Å². The van der Waals surface area contributed by atoms with Crippen LogP contribution in [0.3, 0.4) is 0 Å². The van der Waals surface area contributed by atoms with Crippen molar-refractivity contribution in [2.75, 3.05) is 17.6 Å². The largest absolute Gasteiger partial charge is 0.376 e. The maximum atomic E-state index is 13.1. The van der Waals surface area contributed by atoms with E-state index in [2.05, 4.69) is 5.32 Å². The van der Waals surface area contributed by atoms with Gasteiger partial charge in [0.25, 0.3) is 21.6 Å². The highest BCUT2D eigenvalue weighted by molar-refractivity contribution is 7.99. The maximum absolute atomic E-state index is 13.1. The number of aromatic nitrogens is 1. The second-order valence-electron chi connectivity index (χ2n) is 10.1. The van der Waals surface area contributed by atoms with Crippen molar-refractivity contribution < 1.29 is 18.1 Å². The van der Waals surface area contributed by atoms with Crippen molar-refractivity contribution in [1.29, 1.82) is 0 Å². The molecule has 0 aliphatic rings. The number of hydrogen-bond donors (Lipinski definition) is 3. The van der Waals surface area contributed by atoms with E-state index in [9.17, 15) is 28.1 Å². The minimum Gasteiger partial charge on any atom is -0.376 e. The summed E-state index contributed by atoms with van der Waals surface area (Å²) in [6.07, 6.45) is 3.99. The molecule has 1 heterocycles. The number of pyridine rings is 1. The van der Waals surface area contributed by atoms with Crippen LogP contribution in [0.2, 0.25) is 0 Å². The zero-order valence-electron chi connectivity index (χ0n) is 24.0. The Labute approximate surface area is 259 Å². The Kier molecular flexibility index (Phi) is 10.9. The summed E-state index contributed by atoms with van der Waals surface area (Å²) >= 11 is 1.61. The van der Waals surface area contributed by atoms with Crippen molar-refractivity contribution in [3.05, 3.63) is 117 Å². The van der Waals surface area contributed by atoms with E-state index in [0.29, 0.717) is 18.7 Å². The number of nitrogens with two attached hydrogens (primary N) is 1. The standard InChI is InChI=1S/C31H33N5O6S2/c1-35-20-24(14-17-30(35)37)22-10-12-23(13-11-22)31(38)34-44(41,42)27-15-16-28(29(19-27)36(39)40)33-25(7-5-6-18-32)21-43-26-8-3-2-4-9-26/h2-4,8-17,19-20,25,33H,5-7,18,21,32H2,1H3,(H,34,38)/t25-/m1/s1. The first-order valence-electron chi connectivity index (χ1n) is 13.8. The van der Waals surface area contributed by atoms with E-state index >= 15 is 0 Å². The lowest BCUT2D eigenvalue weighted by atomic mass is 10.1. The van der Waals surface area contributed by atoms with Crippen LogP contribution >= 0.6 is 11.8 Å². The molecule has 0 bridgehead atoms. The molecule has 0 saturated heterocycles. The summed E-state index contributed by atoms with van der Waals surface area (Å²) < 4.78 is 29.6. The van der Waals surface area contributed by atoms with Crippen molar-refractivity contribution in [3.63, 3.8) is 0 Å². The molecule has 11 nitrogen and oxygen atoms in total. The van der Waals surface area contributed by atoms with E-state index < -0.39 is 31.4 Å². The number of amides is 1. The van der Waals surface area contributed by atoms with Gasteiger partial charge in [0.15, 0.2) is 0 Å². The van der Waals surface area contributed by atoms with Gasteiger partial charge in [0.1, 0.15) is 5.69 Å². The lowest BCUT2D eigenvalue weighted by molar-refractivity contribution is -0.384. The van der Waals surface area contributed by atoms with Gasteiger partial charge < -0.3 is 15.6 Å². The molecule has 0 unspecified atom stereocenters. The summed E-state index contributed by atoms with van der Waals surface area (Å²) in [4.78, 5) is 36.5. The second kappa shape index (κ2) is 14.8. The number of aryl methyl sites for hydroxylation is 1. The Bertz CT molecular complexity index is 1780. The van der Waals surface area contributed by atoms with Crippen LogP contribution in [-0.4, -0.2) is 42.2 Å². The minimum absolute atomic E-state index is 0.0752. The normalized spacial score (nSPS) is 12.0. The highest BCUT2D eigenvalue weighted by atomic mass is 32.2. The molecule has 1 amide bonds. The zero-order valence-corrected chi connectivity index (χ0v) is 25.6. The van der Waals surface area contributed by atoms with Crippen molar-refractivity contribution in [2.24, 2.45) is 12.8 Å². The van der Waals surface area contributed by atoms with E-state index in [1.54, 1.807) is 43.2 Å². The smallest absolute Gasteiger partial charge is 0.293 e. The zero-order chi connectivity index (χ0) is 31.7. The van der Waals surface area contributed by atoms with Gasteiger partial charge in [0.2, 0.25) is 5.56 Å². The lowest BCUT2D eigenvalue weighted by Gasteiger charge is -2.20. The van der Waals surface area contributed by atoms with Crippen molar-refractivity contribution >= 4 is 39.1 Å². The second-order valence-corrected chi connectivity index (χ2v) is 12.8. The van der Waals surface area contributed by atoms with Crippen LogP contribution < -0.4 is 21.3 Å². The number of rotatable bonds is 14. The average molecular weight is 636 g/mol. The Morgan fingerprint density at radius 2 is 1.70 bits per heavy atom. The summed E-state index contributed by atoms with van der Waals surface area (Å²) in [6, 6.07) is 22.4. The molecule has 4 N–H and O–H groups in total. The molecule has 4 aromatic rings. The Balaban J connectivity index is 1.49. The number of benzene rings is 3. The molecule has 0 radical (unpaired) electrons. The van der Waals surface area contributed by atoms with Gasteiger partial charge in [-0.1, -0.05) is 36.8 Å². The third-order valence-electron chi connectivity index (χ3n) is 6.83. The summed E-state index contributed by atoms with van der Waals surface area (Å²) in [7, 11) is -2.81. The number of hydrogen-bond acceptors (Lipinski definition) is 9. The number of carbonyl (C=O) groups is 1. The first kappa shape index (κ1) is 32.5. The monoisotopic (exact) mass is 635 g/mol. The van der Waals surface area contributed by atoms with E-state index in [-0.39, 0.29) is 22.9 Å². The Hall–Kier alpha value is -4.46. The van der Waals surface area contributed by atoms with Crippen molar-refractivity contribution in [3.8, 4) is 11.1 Å². The number of anilines is 1. The van der Waals surface area contributed by atoms with E-state index in [4.69, 9.17) is 5.73 Å². The minimum atomic E-state index is -4.43. The van der Waals surface area contributed by atoms with Crippen LogP contribution in [-0.2, 0) is 17.1 Å². The number of nitro benzene ring substituents is 1. The lowest BCUT2D eigenvalue weighted by Crippen LogP contribution is -2.30. The predicted molar refractivity (Wildman–Crippen MR) is 172 cm³/mol. The fourth-order valence-electron chi connectivity index (χ4n) is 4.44. The van der Waals surface area contributed by atoms with Crippen LogP contribution in [0.4, 0.5) is 11.4 Å². The van der Waals surface area contributed by atoms with Gasteiger partial charge in [-0.3, -0.25) is 19.7 Å². The highest BCUT2D eigenvalue weighted by Gasteiger charge is 2.25. The number of nitrogens with one attached hydrogen (secondary N) is 2. The molecular weight excluding hydrogens is 603 g/mol. The number of unbranched alkanes of at least 4 members (excludes halogenated alkanes) is 1. The van der Waals surface area contributed by atoms with Crippen molar-refractivity contribution in [2.45, 2.75) is 35.1 Å². The molecule has 0 aliphatic carbocycles. The number of nitrogens with zero attached hydrogens (tertiary/aromatic N) is 2. The molecule has 0 spiro atoms. The summed E-state index contributed by atoms with van der Waals surface area (Å²) in [6.45, 7) is 0.538. The third kappa shape index (κ3) is 8.56.